The summed E-state index contributed by atoms with van der Waals surface area (Å²) >= 11 is 4.80. The smallest absolute Gasteiger partial charge is 0.318 e. The van der Waals surface area contributed by atoms with Gasteiger partial charge in [0.25, 0.3) is 4.84 Å². The van der Waals surface area contributed by atoms with Crippen molar-refractivity contribution in [2.75, 3.05) is 5.32 Å². The average Bonchev–Trinajstić information content (AvgIpc) is 2.97. The van der Waals surface area contributed by atoms with Crippen LogP contribution in [0.5, 0.6) is 0 Å². The summed E-state index contributed by atoms with van der Waals surface area (Å²) in [6.07, 6.45) is 0. The first-order valence-electron chi connectivity index (χ1n) is 6.78. The molecule has 2 aromatic carbocycles. The van der Waals surface area contributed by atoms with Gasteiger partial charge in [0.1, 0.15) is 0 Å². The molecular weight excluding hydrogens is 314 g/mol. The molecule has 3 aromatic rings. The van der Waals surface area contributed by atoms with Crippen LogP contribution in [0.1, 0.15) is 31.8 Å². The van der Waals surface area contributed by atoms with Gasteiger partial charge >= 0.3 is 6.01 Å². The number of H-pyrrole nitrogens is 1. The summed E-state index contributed by atoms with van der Waals surface area (Å²) in [7, 11) is 0. The van der Waals surface area contributed by atoms with Crippen LogP contribution in [-0.4, -0.2) is 21.8 Å². The third kappa shape index (κ3) is 2.18. The van der Waals surface area contributed by atoms with Crippen LogP contribution < -0.4 is 5.32 Å². The van der Waals surface area contributed by atoms with Crippen LogP contribution in [-0.2, 0) is 0 Å². The highest BCUT2D eigenvalue weighted by Gasteiger charge is 2.29. The maximum atomic E-state index is 12.6. The molecule has 0 fully saturated rings. The second-order valence-corrected chi connectivity index (χ2v) is 5.38. The van der Waals surface area contributed by atoms with Gasteiger partial charge in [-0.1, -0.05) is 24.3 Å². The number of nitrogens with one attached hydrogen (secondary N) is 2. The van der Waals surface area contributed by atoms with Gasteiger partial charge in [-0.3, -0.25) is 9.59 Å². The normalized spacial score (nSPS) is 12.7. The van der Waals surface area contributed by atoms with Crippen LogP contribution in [0.25, 0.3) is 0 Å². The van der Waals surface area contributed by atoms with E-state index in [0.29, 0.717) is 27.9 Å². The molecule has 1 aliphatic rings. The summed E-state index contributed by atoms with van der Waals surface area (Å²) in [5.74, 6) is -0.333. The molecule has 112 valence electrons. The van der Waals surface area contributed by atoms with Crippen molar-refractivity contribution in [3.8, 4) is 0 Å². The Morgan fingerprint density at radius 3 is 2.26 bits per heavy atom. The third-order valence-electron chi connectivity index (χ3n) is 3.61. The van der Waals surface area contributed by atoms with E-state index in [1.807, 2.05) is 0 Å². The molecule has 1 heterocycles. The zero-order valence-electron chi connectivity index (χ0n) is 11.6. The van der Waals surface area contributed by atoms with E-state index in [9.17, 15) is 9.59 Å². The van der Waals surface area contributed by atoms with Crippen LogP contribution in [0.4, 0.5) is 11.7 Å². The Kier molecular flexibility index (Phi) is 2.95. The minimum atomic E-state index is -0.179. The first-order chi connectivity index (χ1) is 11.1. The molecule has 0 aliphatic heterocycles. The monoisotopic (exact) mass is 323 g/mol. The predicted molar refractivity (Wildman–Crippen MR) is 84.7 cm³/mol. The first-order valence-corrected chi connectivity index (χ1v) is 7.19. The molecule has 0 atom stereocenters. The number of carbonyl (C=O) groups is 2. The highest BCUT2D eigenvalue weighted by molar-refractivity contribution is 7.71. The topological polar surface area (TPSA) is 88.0 Å². The van der Waals surface area contributed by atoms with Crippen molar-refractivity contribution in [3.63, 3.8) is 0 Å². The number of fused-ring (bicyclic) bond motifs is 2. The lowest BCUT2D eigenvalue weighted by Gasteiger charge is -2.17. The van der Waals surface area contributed by atoms with Crippen LogP contribution in [0.3, 0.4) is 0 Å². The number of nitrogens with zero attached hydrogens (tertiary/aromatic N) is 1. The first kappa shape index (κ1) is 13.6. The summed E-state index contributed by atoms with van der Waals surface area (Å²) in [5, 5.41) is 9.22. The van der Waals surface area contributed by atoms with Crippen molar-refractivity contribution in [2.24, 2.45) is 0 Å². The minimum absolute atomic E-state index is 0.144. The molecule has 0 bridgehead atoms. The van der Waals surface area contributed by atoms with Gasteiger partial charge in [-0.05, 0) is 30.4 Å². The molecule has 23 heavy (non-hydrogen) atoms. The van der Waals surface area contributed by atoms with E-state index in [1.54, 1.807) is 42.5 Å². The lowest BCUT2D eigenvalue weighted by molar-refractivity contribution is 0.0979. The van der Waals surface area contributed by atoms with Gasteiger partial charge in [0.15, 0.2) is 11.6 Å². The fourth-order valence-corrected chi connectivity index (χ4v) is 2.71. The Balaban J connectivity index is 1.78. The molecule has 0 saturated heterocycles. The van der Waals surface area contributed by atoms with E-state index in [2.05, 4.69) is 15.5 Å². The molecule has 1 aliphatic carbocycles. The van der Waals surface area contributed by atoms with Crippen molar-refractivity contribution in [2.45, 2.75) is 0 Å². The van der Waals surface area contributed by atoms with E-state index in [-0.39, 0.29) is 22.4 Å². The second kappa shape index (κ2) is 4.99. The minimum Gasteiger partial charge on any atom is -0.396 e. The van der Waals surface area contributed by atoms with Crippen molar-refractivity contribution < 1.29 is 14.0 Å². The van der Waals surface area contributed by atoms with Crippen LogP contribution in [0.2, 0.25) is 0 Å². The molecular formula is C16H9N3O3S. The maximum absolute atomic E-state index is 12.6. The molecule has 1 aromatic heterocycles. The number of benzene rings is 2. The summed E-state index contributed by atoms with van der Waals surface area (Å²) < 4.78 is 5.12. The lowest BCUT2D eigenvalue weighted by Crippen LogP contribution is -2.20. The Morgan fingerprint density at radius 2 is 1.61 bits per heavy atom. The van der Waals surface area contributed by atoms with Gasteiger partial charge < -0.3 is 9.73 Å². The standard InChI is InChI=1S/C16H9N3O3S/c20-13-9-3-1-2-4-10(9)14(21)12-7-8(5-6-11(12)13)17-15-18-19-16(23)22-15/h1-7H,(H,17,18)(H,19,23). The summed E-state index contributed by atoms with van der Waals surface area (Å²) in [6.45, 7) is 0. The summed E-state index contributed by atoms with van der Waals surface area (Å²) in [6, 6.07) is 11.9. The molecule has 6 nitrogen and oxygen atoms in total. The van der Waals surface area contributed by atoms with Crippen LogP contribution in [0.15, 0.2) is 46.9 Å². The lowest BCUT2D eigenvalue weighted by atomic mass is 9.84. The van der Waals surface area contributed by atoms with Gasteiger partial charge in [-0.2, -0.15) is 0 Å². The molecule has 7 heteroatoms. The van der Waals surface area contributed by atoms with Crippen molar-refractivity contribution in [3.05, 3.63) is 69.6 Å². The summed E-state index contributed by atoms with van der Waals surface area (Å²) in [4.78, 5) is 25.3. The third-order valence-corrected chi connectivity index (χ3v) is 3.79. The second-order valence-electron chi connectivity index (χ2n) is 5.01. The maximum Gasteiger partial charge on any atom is 0.318 e. The van der Waals surface area contributed by atoms with Crippen molar-refractivity contribution >= 4 is 35.5 Å². The SMILES string of the molecule is O=C1c2ccccc2C(=O)c2cc(Nc3n[nH]c(=S)o3)ccc21. The predicted octanol–water partition coefficient (Wildman–Crippen LogP) is 3.25. The zero-order chi connectivity index (χ0) is 16.0. The summed E-state index contributed by atoms with van der Waals surface area (Å²) in [5.41, 5.74) is 2.17. The number of hydrogen-bond acceptors (Lipinski definition) is 6. The van der Waals surface area contributed by atoms with Crippen molar-refractivity contribution in [1.82, 2.24) is 10.2 Å². The largest absolute Gasteiger partial charge is 0.396 e. The molecule has 2 N–H and O–H groups in total. The van der Waals surface area contributed by atoms with E-state index < -0.39 is 0 Å². The highest BCUT2D eigenvalue weighted by atomic mass is 32.1. The van der Waals surface area contributed by atoms with Crippen LogP contribution >= 0.6 is 12.2 Å². The number of hydrogen-bond donors (Lipinski definition) is 2. The van der Waals surface area contributed by atoms with Gasteiger partial charge in [0.2, 0.25) is 0 Å². The number of aromatic nitrogens is 2. The zero-order valence-corrected chi connectivity index (χ0v) is 12.4. The van der Waals surface area contributed by atoms with Gasteiger partial charge in [0.05, 0.1) is 0 Å². The molecule has 4 rings (SSSR count). The molecule has 0 amide bonds. The number of anilines is 2. The quantitative estimate of drug-likeness (QED) is 0.551. The van der Waals surface area contributed by atoms with E-state index >= 15 is 0 Å². The van der Waals surface area contributed by atoms with E-state index in [1.165, 1.54) is 0 Å². The number of rotatable bonds is 2. The van der Waals surface area contributed by atoms with Gasteiger partial charge in [0, 0.05) is 27.9 Å². The Bertz CT molecular complexity index is 1020. The Morgan fingerprint density at radius 1 is 0.957 bits per heavy atom. The Labute approximate surface area is 135 Å². The average molecular weight is 323 g/mol. The number of carbonyl (C=O) groups excluding carboxylic acids is 2. The van der Waals surface area contributed by atoms with Crippen LogP contribution in [0, 0.1) is 4.84 Å². The van der Waals surface area contributed by atoms with Crippen molar-refractivity contribution in [1.29, 1.82) is 0 Å². The fraction of sp³-hybridized carbons (Fsp3) is 0. The van der Waals surface area contributed by atoms with E-state index in [0.717, 1.165) is 0 Å². The number of ketones is 2. The van der Waals surface area contributed by atoms with Gasteiger partial charge in [-0.15, -0.1) is 5.10 Å². The van der Waals surface area contributed by atoms with E-state index in [4.69, 9.17) is 16.6 Å². The van der Waals surface area contributed by atoms with Gasteiger partial charge in [-0.25, -0.2) is 5.10 Å². The molecule has 0 unspecified atom stereocenters. The molecule has 0 radical (unpaired) electrons. The molecule has 0 saturated carbocycles. The Hall–Kier alpha value is -3.06. The fourth-order valence-electron chi connectivity index (χ4n) is 2.58. The molecule has 0 spiro atoms. The highest BCUT2D eigenvalue weighted by Crippen LogP contribution is 2.29. The number of aromatic amines is 1.